The number of hydrogen-bond acceptors (Lipinski definition) is 7. The first kappa shape index (κ1) is 21.7. The minimum Gasteiger partial charge on any atom is -0.284 e. The van der Waals surface area contributed by atoms with E-state index in [9.17, 15) is 30.0 Å². The number of rotatable bonds is 7. The third kappa shape index (κ3) is 5.94. The Morgan fingerprint density at radius 1 is 0.679 bits per heavy atom. The Labute approximate surface area is 163 Å². The van der Waals surface area contributed by atoms with Crippen molar-refractivity contribution in [3.05, 3.63) is 48.5 Å². The van der Waals surface area contributed by atoms with Gasteiger partial charge in [-0.25, -0.2) is 30.0 Å². The van der Waals surface area contributed by atoms with Gasteiger partial charge in [0, 0.05) is 18.3 Å². The summed E-state index contributed by atoms with van der Waals surface area (Å²) in [6.45, 7) is 1.05. The quantitative estimate of drug-likeness (QED) is 0.563. The molecule has 0 aliphatic heterocycles. The normalized spacial score (nSPS) is 12.2. The van der Waals surface area contributed by atoms with Crippen molar-refractivity contribution >= 4 is 47.4 Å². The summed E-state index contributed by atoms with van der Waals surface area (Å²) in [5, 5.41) is 0. The molecule has 3 N–H and O–H groups in total. The zero-order valence-corrected chi connectivity index (χ0v) is 17.2. The average molecular weight is 448 g/mol. The van der Waals surface area contributed by atoms with Crippen molar-refractivity contribution in [1.29, 1.82) is 0 Å². The molecule has 0 bridgehead atoms. The van der Waals surface area contributed by atoms with E-state index in [4.69, 9.17) is 0 Å². The van der Waals surface area contributed by atoms with Crippen LogP contribution >= 0.6 is 0 Å². The largest absolute Gasteiger partial charge is 0.284 e. The van der Waals surface area contributed by atoms with E-state index in [-0.39, 0.29) is 21.2 Å². The van der Waals surface area contributed by atoms with Crippen LogP contribution in [0.4, 0.5) is 11.4 Å². The van der Waals surface area contributed by atoms with E-state index >= 15 is 0 Å². The van der Waals surface area contributed by atoms with Crippen LogP contribution in [0.3, 0.4) is 0 Å². The number of carbonyl (C=O) groups is 1. The molecule has 0 heterocycles. The predicted molar refractivity (Wildman–Crippen MR) is 103 cm³/mol. The number of hydrogen-bond donors (Lipinski definition) is 3. The second kappa shape index (κ2) is 7.77. The van der Waals surface area contributed by atoms with Crippen LogP contribution in [0.15, 0.2) is 58.3 Å². The summed E-state index contributed by atoms with van der Waals surface area (Å²) in [5.41, 5.74) is 0.300. The molecule has 2 rings (SSSR count). The van der Waals surface area contributed by atoms with Gasteiger partial charge in [-0.15, -0.1) is 0 Å². The average Bonchev–Trinajstić information content (AvgIpc) is 2.52. The molecule has 0 spiro atoms. The van der Waals surface area contributed by atoms with Crippen molar-refractivity contribution < 1.29 is 30.0 Å². The lowest BCUT2D eigenvalue weighted by Crippen LogP contribution is -2.28. The van der Waals surface area contributed by atoms with Crippen molar-refractivity contribution in [3.8, 4) is 0 Å². The molecule has 0 radical (unpaired) electrons. The summed E-state index contributed by atoms with van der Waals surface area (Å²) in [7, 11) is -11.5. The summed E-state index contributed by atoms with van der Waals surface area (Å²) in [5.74, 6) is -0.751. The van der Waals surface area contributed by atoms with Gasteiger partial charge in [-0.05, 0) is 48.5 Å². The Bertz CT molecular complexity index is 1190. The first-order valence-corrected chi connectivity index (χ1v) is 12.4. The summed E-state index contributed by atoms with van der Waals surface area (Å²) in [6.07, 6.45) is 0.967. The van der Waals surface area contributed by atoms with Gasteiger partial charge in [0.25, 0.3) is 20.0 Å². The number of carbonyl (C=O) groups excluding carboxylic acids is 1. The molecule has 0 aromatic heterocycles. The molecule has 0 saturated carbocycles. The van der Waals surface area contributed by atoms with Crippen molar-refractivity contribution in [1.82, 2.24) is 4.72 Å². The molecule has 13 heteroatoms. The second-order valence-corrected chi connectivity index (χ2v) is 10.8. The van der Waals surface area contributed by atoms with Gasteiger partial charge >= 0.3 is 0 Å². The minimum atomic E-state index is -4.02. The first-order valence-electron chi connectivity index (χ1n) is 7.53. The van der Waals surface area contributed by atoms with Crippen LogP contribution in [0.25, 0.3) is 0 Å². The van der Waals surface area contributed by atoms with E-state index in [1.54, 1.807) is 4.72 Å². The number of anilines is 2. The van der Waals surface area contributed by atoms with Crippen LogP contribution in [0.2, 0.25) is 0 Å². The monoisotopic (exact) mass is 447 g/mol. The van der Waals surface area contributed by atoms with Crippen molar-refractivity contribution in [2.75, 3.05) is 15.7 Å². The van der Waals surface area contributed by atoms with Gasteiger partial charge in [0.15, 0.2) is 0 Å². The molecule has 0 atom stereocenters. The minimum absolute atomic E-state index is 0.0973. The smallest absolute Gasteiger partial charge is 0.264 e. The Balaban J connectivity index is 2.19. The SMILES string of the molecule is CC(=O)NS(=O)(=O)c1ccc(NS(=O)(=O)c2ccc(NS(C)(=O)=O)cc2)cc1. The highest BCUT2D eigenvalue weighted by atomic mass is 32.2. The van der Waals surface area contributed by atoms with Gasteiger partial charge in [-0.2, -0.15) is 0 Å². The lowest BCUT2D eigenvalue weighted by atomic mass is 10.3. The first-order chi connectivity index (χ1) is 12.8. The third-order valence-electron chi connectivity index (χ3n) is 3.16. The molecule has 0 saturated heterocycles. The van der Waals surface area contributed by atoms with Crippen LogP contribution in [-0.2, 0) is 34.9 Å². The Hall–Kier alpha value is -2.64. The van der Waals surface area contributed by atoms with Gasteiger partial charge in [0.1, 0.15) is 0 Å². The summed E-state index contributed by atoms with van der Waals surface area (Å²) < 4.78 is 77.2. The summed E-state index contributed by atoms with van der Waals surface area (Å²) >= 11 is 0. The van der Waals surface area contributed by atoms with Crippen LogP contribution in [0.5, 0.6) is 0 Å². The van der Waals surface area contributed by atoms with Crippen LogP contribution < -0.4 is 14.2 Å². The lowest BCUT2D eigenvalue weighted by Gasteiger charge is -2.10. The van der Waals surface area contributed by atoms with Gasteiger partial charge in [-0.3, -0.25) is 14.2 Å². The molecule has 0 fully saturated rings. The van der Waals surface area contributed by atoms with E-state index in [0.717, 1.165) is 25.3 Å². The van der Waals surface area contributed by atoms with Gasteiger partial charge in [0.2, 0.25) is 15.9 Å². The molecule has 2 aromatic carbocycles. The van der Waals surface area contributed by atoms with E-state index in [1.807, 2.05) is 0 Å². The van der Waals surface area contributed by atoms with Crippen LogP contribution in [0, 0.1) is 0 Å². The van der Waals surface area contributed by atoms with Crippen molar-refractivity contribution in [3.63, 3.8) is 0 Å². The maximum absolute atomic E-state index is 12.4. The Morgan fingerprint density at radius 2 is 1.07 bits per heavy atom. The van der Waals surface area contributed by atoms with E-state index < -0.39 is 36.0 Å². The van der Waals surface area contributed by atoms with Gasteiger partial charge in [-0.1, -0.05) is 0 Å². The maximum atomic E-state index is 12.4. The molecule has 10 nitrogen and oxygen atoms in total. The number of sulfonamides is 3. The highest BCUT2D eigenvalue weighted by molar-refractivity contribution is 7.93. The fourth-order valence-electron chi connectivity index (χ4n) is 2.08. The fraction of sp³-hybridized carbons (Fsp3) is 0.133. The summed E-state index contributed by atoms with van der Waals surface area (Å²) in [4.78, 5) is 10.6. The predicted octanol–water partition coefficient (Wildman–Crippen LogP) is 0.684. The second-order valence-electron chi connectivity index (χ2n) is 5.69. The van der Waals surface area contributed by atoms with Crippen molar-refractivity contribution in [2.24, 2.45) is 0 Å². The molecule has 0 unspecified atom stereocenters. The van der Waals surface area contributed by atoms with E-state index in [2.05, 4.69) is 9.44 Å². The summed E-state index contributed by atoms with van der Waals surface area (Å²) in [6, 6.07) is 9.75. The Kier molecular flexibility index (Phi) is 6.01. The zero-order valence-electron chi connectivity index (χ0n) is 14.7. The highest BCUT2D eigenvalue weighted by Gasteiger charge is 2.17. The molecule has 152 valence electrons. The molecular formula is C15H17N3O7S3. The zero-order chi connectivity index (χ0) is 21.2. The number of benzene rings is 2. The lowest BCUT2D eigenvalue weighted by molar-refractivity contribution is -0.117. The van der Waals surface area contributed by atoms with Crippen molar-refractivity contribution in [2.45, 2.75) is 16.7 Å². The van der Waals surface area contributed by atoms with Crippen LogP contribution in [0.1, 0.15) is 6.92 Å². The molecular weight excluding hydrogens is 430 g/mol. The number of nitrogens with one attached hydrogen (secondary N) is 3. The topological polar surface area (TPSA) is 156 Å². The molecule has 0 aliphatic rings. The highest BCUT2D eigenvalue weighted by Crippen LogP contribution is 2.20. The number of amides is 1. The van der Waals surface area contributed by atoms with Gasteiger partial charge < -0.3 is 0 Å². The molecule has 2 aromatic rings. The fourth-order valence-corrected chi connectivity index (χ4v) is 4.69. The molecule has 0 aliphatic carbocycles. The molecule has 28 heavy (non-hydrogen) atoms. The standard InChI is InChI=1S/C15H17N3O7S3/c1-11(19)16-27(22,23)14-9-5-13(6-10-14)18-28(24,25)15-7-3-12(4-8-15)17-26(2,20)21/h3-10,17-18H,1-2H3,(H,16,19). The van der Waals surface area contributed by atoms with E-state index in [1.165, 1.54) is 36.4 Å². The third-order valence-corrected chi connectivity index (χ3v) is 6.62. The Morgan fingerprint density at radius 3 is 1.46 bits per heavy atom. The molecule has 1 amide bonds. The van der Waals surface area contributed by atoms with E-state index in [0.29, 0.717) is 0 Å². The van der Waals surface area contributed by atoms with Gasteiger partial charge in [0.05, 0.1) is 16.0 Å². The maximum Gasteiger partial charge on any atom is 0.264 e. The van der Waals surface area contributed by atoms with Crippen LogP contribution in [-0.4, -0.2) is 37.4 Å².